The molecule has 2 aromatic carbocycles. The lowest BCUT2D eigenvalue weighted by molar-refractivity contribution is 0.0691. The maximum Gasteiger partial charge on any atom is 0.354 e. The number of pyridine rings is 1. The topological polar surface area (TPSA) is 68.0 Å². The van der Waals surface area contributed by atoms with Crippen LogP contribution in [0, 0.1) is 6.92 Å². The molecule has 5 nitrogen and oxygen atoms in total. The van der Waals surface area contributed by atoms with Gasteiger partial charge in [0.15, 0.2) is 11.3 Å². The number of carboxylic acids is 1. The molecule has 4 aromatic rings. The lowest BCUT2D eigenvalue weighted by Gasteiger charge is -2.08. The highest BCUT2D eigenvalue weighted by Crippen LogP contribution is 2.35. The molecule has 0 radical (unpaired) electrons. The lowest BCUT2D eigenvalue weighted by atomic mass is 10.0. The van der Waals surface area contributed by atoms with Gasteiger partial charge in [-0.25, -0.2) is 14.5 Å². The molecule has 0 fully saturated rings. The van der Waals surface area contributed by atoms with Crippen LogP contribution in [0.4, 0.5) is 0 Å². The number of carbonyl (C=O) groups is 1. The minimum atomic E-state index is -1.11. The van der Waals surface area contributed by atoms with Gasteiger partial charge >= 0.3 is 5.97 Å². The number of aryl methyl sites for hydroxylation is 1. The van der Waals surface area contributed by atoms with Crippen LogP contribution in [-0.4, -0.2) is 25.8 Å². The standard InChI is InChI=1S/C20H13Cl2N3O2/c1-11-18-14(12-7-8-15(21)16(22)9-12)10-17(20(26)27)23-19(18)25(24-11)13-5-3-2-4-6-13/h2-10H,1H3,(H,26,27). The molecule has 134 valence electrons. The second-order valence-electron chi connectivity index (χ2n) is 6.02. The van der Waals surface area contributed by atoms with Gasteiger partial charge in [0, 0.05) is 0 Å². The normalized spacial score (nSPS) is 11.1. The molecule has 0 atom stereocenters. The maximum absolute atomic E-state index is 11.7. The molecule has 0 aliphatic heterocycles. The number of fused-ring (bicyclic) bond motifs is 1. The van der Waals surface area contributed by atoms with E-state index in [0.717, 1.165) is 22.3 Å². The van der Waals surface area contributed by atoms with Crippen LogP contribution in [0.25, 0.3) is 27.8 Å². The molecule has 2 heterocycles. The van der Waals surface area contributed by atoms with Crippen molar-refractivity contribution in [2.75, 3.05) is 0 Å². The third-order valence-electron chi connectivity index (χ3n) is 4.26. The molecular formula is C20H13Cl2N3O2. The van der Waals surface area contributed by atoms with Crippen LogP contribution < -0.4 is 0 Å². The third kappa shape index (κ3) is 3.05. The predicted octanol–water partition coefficient (Wildman–Crippen LogP) is 5.40. The summed E-state index contributed by atoms with van der Waals surface area (Å²) in [6.07, 6.45) is 0. The Balaban J connectivity index is 2.08. The zero-order valence-corrected chi connectivity index (χ0v) is 15.7. The molecule has 0 aliphatic rings. The van der Waals surface area contributed by atoms with Crippen molar-refractivity contribution in [1.82, 2.24) is 14.8 Å². The first-order valence-corrected chi connectivity index (χ1v) is 8.86. The average molecular weight is 398 g/mol. The molecule has 4 rings (SSSR count). The summed E-state index contributed by atoms with van der Waals surface area (Å²) < 4.78 is 1.65. The van der Waals surface area contributed by atoms with Crippen LogP contribution >= 0.6 is 23.2 Å². The Morgan fingerprint density at radius 1 is 1.04 bits per heavy atom. The first-order chi connectivity index (χ1) is 13.0. The van der Waals surface area contributed by atoms with E-state index in [1.807, 2.05) is 37.3 Å². The zero-order chi connectivity index (χ0) is 19.1. The maximum atomic E-state index is 11.7. The number of benzene rings is 2. The number of hydrogen-bond acceptors (Lipinski definition) is 3. The second kappa shape index (κ2) is 6.68. The molecule has 7 heteroatoms. The summed E-state index contributed by atoms with van der Waals surface area (Å²) in [7, 11) is 0. The second-order valence-corrected chi connectivity index (χ2v) is 6.83. The summed E-state index contributed by atoms with van der Waals surface area (Å²) in [5, 5.41) is 15.7. The summed E-state index contributed by atoms with van der Waals surface area (Å²) >= 11 is 12.2. The summed E-state index contributed by atoms with van der Waals surface area (Å²) in [5.41, 5.74) is 3.37. The zero-order valence-electron chi connectivity index (χ0n) is 14.1. The fourth-order valence-electron chi connectivity index (χ4n) is 3.04. The fourth-order valence-corrected chi connectivity index (χ4v) is 3.34. The molecule has 0 saturated heterocycles. The highest BCUT2D eigenvalue weighted by atomic mass is 35.5. The number of hydrogen-bond donors (Lipinski definition) is 1. The Labute approximate surface area is 164 Å². The SMILES string of the molecule is Cc1nn(-c2ccccc2)c2nc(C(=O)O)cc(-c3ccc(Cl)c(Cl)c3)c12. The van der Waals surface area contributed by atoms with Crippen LogP contribution in [-0.2, 0) is 0 Å². The van der Waals surface area contributed by atoms with Crippen LogP contribution in [0.2, 0.25) is 10.0 Å². The Hall–Kier alpha value is -2.89. The number of aromatic nitrogens is 3. The van der Waals surface area contributed by atoms with E-state index in [1.54, 1.807) is 22.9 Å². The summed E-state index contributed by atoms with van der Waals surface area (Å²) in [6.45, 7) is 1.87. The quantitative estimate of drug-likeness (QED) is 0.502. The van der Waals surface area contributed by atoms with Crippen LogP contribution in [0.1, 0.15) is 16.2 Å². The molecule has 0 aliphatic carbocycles. The molecule has 0 spiro atoms. The molecule has 2 aromatic heterocycles. The number of para-hydroxylation sites is 1. The number of carboxylic acid groups (broad SMARTS) is 1. The fraction of sp³-hybridized carbons (Fsp3) is 0.0500. The smallest absolute Gasteiger partial charge is 0.354 e. The largest absolute Gasteiger partial charge is 0.477 e. The van der Waals surface area contributed by atoms with E-state index in [1.165, 1.54) is 6.07 Å². The van der Waals surface area contributed by atoms with Gasteiger partial charge in [0.1, 0.15) is 0 Å². The molecule has 0 unspecified atom stereocenters. The first-order valence-electron chi connectivity index (χ1n) is 8.10. The van der Waals surface area contributed by atoms with E-state index in [4.69, 9.17) is 23.2 Å². The van der Waals surface area contributed by atoms with Gasteiger partial charge in [0.05, 0.1) is 26.8 Å². The predicted molar refractivity (Wildman–Crippen MR) is 106 cm³/mol. The van der Waals surface area contributed by atoms with Crippen molar-refractivity contribution in [1.29, 1.82) is 0 Å². The Morgan fingerprint density at radius 2 is 1.78 bits per heavy atom. The van der Waals surface area contributed by atoms with Crippen molar-refractivity contribution >= 4 is 40.2 Å². The summed E-state index contributed by atoms with van der Waals surface area (Å²) in [6, 6.07) is 16.2. The van der Waals surface area contributed by atoms with E-state index in [2.05, 4.69) is 10.1 Å². The van der Waals surface area contributed by atoms with Crippen LogP contribution in [0.3, 0.4) is 0 Å². The van der Waals surface area contributed by atoms with Gasteiger partial charge in [-0.2, -0.15) is 5.10 Å². The lowest BCUT2D eigenvalue weighted by Crippen LogP contribution is -2.04. The summed E-state index contributed by atoms with van der Waals surface area (Å²) in [4.78, 5) is 16.0. The molecule has 0 amide bonds. The van der Waals surface area contributed by atoms with Crippen molar-refractivity contribution in [3.8, 4) is 16.8 Å². The first kappa shape index (κ1) is 17.5. The number of rotatable bonds is 3. The van der Waals surface area contributed by atoms with Gasteiger partial charge in [-0.3, -0.25) is 0 Å². The number of halogens is 2. The molecular weight excluding hydrogens is 385 g/mol. The van der Waals surface area contributed by atoms with Crippen LogP contribution in [0.15, 0.2) is 54.6 Å². The van der Waals surface area contributed by atoms with Gasteiger partial charge in [0.25, 0.3) is 0 Å². The third-order valence-corrected chi connectivity index (χ3v) is 5.00. The van der Waals surface area contributed by atoms with Crippen molar-refractivity contribution in [2.45, 2.75) is 6.92 Å². The van der Waals surface area contributed by atoms with Gasteiger partial charge in [-0.1, -0.05) is 47.5 Å². The monoisotopic (exact) mass is 397 g/mol. The molecule has 1 N–H and O–H groups in total. The van der Waals surface area contributed by atoms with Gasteiger partial charge in [-0.15, -0.1) is 0 Å². The average Bonchev–Trinajstić information content (AvgIpc) is 3.01. The van der Waals surface area contributed by atoms with Crippen LogP contribution in [0.5, 0.6) is 0 Å². The highest BCUT2D eigenvalue weighted by molar-refractivity contribution is 6.42. The Kier molecular flexibility index (Phi) is 4.34. The van der Waals surface area contributed by atoms with Gasteiger partial charge in [-0.05, 0) is 48.4 Å². The highest BCUT2D eigenvalue weighted by Gasteiger charge is 2.20. The van der Waals surface area contributed by atoms with Crippen molar-refractivity contribution < 1.29 is 9.90 Å². The minimum absolute atomic E-state index is 0.0688. The number of nitrogens with zero attached hydrogens (tertiary/aromatic N) is 3. The molecule has 0 saturated carbocycles. The van der Waals surface area contributed by atoms with Crippen molar-refractivity contribution in [3.05, 3.63) is 76.0 Å². The van der Waals surface area contributed by atoms with E-state index in [-0.39, 0.29) is 5.69 Å². The van der Waals surface area contributed by atoms with Crippen molar-refractivity contribution in [2.24, 2.45) is 0 Å². The Bertz CT molecular complexity index is 1190. The van der Waals surface area contributed by atoms with Crippen molar-refractivity contribution in [3.63, 3.8) is 0 Å². The van der Waals surface area contributed by atoms with E-state index in [0.29, 0.717) is 21.3 Å². The number of aromatic carboxylic acids is 1. The molecule has 0 bridgehead atoms. The molecule has 27 heavy (non-hydrogen) atoms. The van der Waals surface area contributed by atoms with E-state index in [9.17, 15) is 9.90 Å². The van der Waals surface area contributed by atoms with Gasteiger partial charge < -0.3 is 5.11 Å². The van der Waals surface area contributed by atoms with E-state index >= 15 is 0 Å². The minimum Gasteiger partial charge on any atom is -0.477 e. The van der Waals surface area contributed by atoms with Gasteiger partial charge in [0.2, 0.25) is 0 Å². The summed E-state index contributed by atoms with van der Waals surface area (Å²) in [5.74, 6) is -1.11. The Morgan fingerprint density at radius 3 is 2.44 bits per heavy atom. The van der Waals surface area contributed by atoms with E-state index < -0.39 is 5.97 Å².